The van der Waals surface area contributed by atoms with Crippen molar-refractivity contribution in [3.8, 4) is 11.5 Å². The lowest BCUT2D eigenvalue weighted by molar-refractivity contribution is -0.117. The molecule has 1 aliphatic rings. The predicted octanol–water partition coefficient (Wildman–Crippen LogP) is 2.82. The highest BCUT2D eigenvalue weighted by molar-refractivity contribution is 5.95. The van der Waals surface area contributed by atoms with Gasteiger partial charge in [-0.2, -0.15) is 0 Å². The van der Waals surface area contributed by atoms with E-state index in [1.807, 2.05) is 35.2 Å². The van der Waals surface area contributed by atoms with E-state index in [2.05, 4.69) is 9.97 Å². The predicted molar refractivity (Wildman–Crippen MR) is 108 cm³/mol. The number of fused-ring (bicyclic) bond motifs is 1. The van der Waals surface area contributed by atoms with E-state index < -0.39 is 0 Å². The van der Waals surface area contributed by atoms with Crippen molar-refractivity contribution < 1.29 is 14.3 Å². The smallest absolute Gasteiger partial charge is 0.227 e. The number of aromatic nitrogens is 2. The van der Waals surface area contributed by atoms with Crippen molar-refractivity contribution in [1.82, 2.24) is 9.97 Å². The van der Waals surface area contributed by atoms with Crippen LogP contribution in [0.4, 0.5) is 11.5 Å². The molecule has 2 heterocycles. The molecule has 144 valence electrons. The summed E-state index contributed by atoms with van der Waals surface area (Å²) >= 11 is 0. The maximum Gasteiger partial charge on any atom is 0.227 e. The van der Waals surface area contributed by atoms with Crippen LogP contribution in [0, 0.1) is 5.92 Å². The van der Waals surface area contributed by atoms with Crippen molar-refractivity contribution in [3.63, 3.8) is 0 Å². The van der Waals surface area contributed by atoms with E-state index in [4.69, 9.17) is 15.2 Å². The van der Waals surface area contributed by atoms with Gasteiger partial charge in [-0.05, 0) is 24.1 Å². The van der Waals surface area contributed by atoms with E-state index >= 15 is 0 Å². The molecule has 1 aromatic heterocycles. The van der Waals surface area contributed by atoms with Crippen LogP contribution in [0.1, 0.15) is 12.2 Å². The van der Waals surface area contributed by atoms with Crippen LogP contribution in [-0.2, 0) is 11.2 Å². The average Bonchev–Trinajstić information content (AvgIpc) is 3.07. The summed E-state index contributed by atoms with van der Waals surface area (Å²) < 4.78 is 10.7. The van der Waals surface area contributed by atoms with Gasteiger partial charge in [0.1, 0.15) is 11.6 Å². The Morgan fingerprint density at radius 1 is 1.11 bits per heavy atom. The van der Waals surface area contributed by atoms with Crippen LogP contribution in [0.5, 0.6) is 11.5 Å². The fraction of sp³-hybridized carbons (Fsp3) is 0.286. The van der Waals surface area contributed by atoms with Gasteiger partial charge in [-0.3, -0.25) is 4.79 Å². The number of para-hydroxylation sites is 1. The minimum absolute atomic E-state index is 0.122. The fourth-order valence-electron chi connectivity index (χ4n) is 3.65. The van der Waals surface area contributed by atoms with E-state index in [0.717, 1.165) is 11.1 Å². The van der Waals surface area contributed by atoms with Gasteiger partial charge in [0.15, 0.2) is 11.5 Å². The number of benzene rings is 2. The molecule has 1 saturated heterocycles. The zero-order valence-corrected chi connectivity index (χ0v) is 15.9. The molecule has 28 heavy (non-hydrogen) atoms. The number of nitrogen functional groups attached to an aromatic ring is 1. The zero-order chi connectivity index (χ0) is 19.7. The average molecular weight is 378 g/mol. The second-order valence-corrected chi connectivity index (χ2v) is 6.86. The Morgan fingerprint density at radius 3 is 2.54 bits per heavy atom. The van der Waals surface area contributed by atoms with E-state index in [0.29, 0.717) is 48.0 Å². The molecule has 2 N–H and O–H groups in total. The Bertz CT molecular complexity index is 1020. The number of carbonyl (C=O) groups is 1. The molecule has 1 aliphatic heterocycles. The second-order valence-electron chi connectivity index (χ2n) is 6.86. The molecule has 0 aliphatic carbocycles. The molecule has 7 heteroatoms. The fourth-order valence-corrected chi connectivity index (χ4v) is 3.65. The number of carbonyl (C=O) groups excluding carboxylic acids is 1. The topological polar surface area (TPSA) is 90.6 Å². The first-order chi connectivity index (χ1) is 13.6. The highest BCUT2D eigenvalue weighted by Crippen LogP contribution is 2.34. The third-order valence-electron chi connectivity index (χ3n) is 5.02. The summed E-state index contributed by atoms with van der Waals surface area (Å²) in [7, 11) is 3.15. The summed E-state index contributed by atoms with van der Waals surface area (Å²) in [6.45, 7) is 0.649. The maximum absolute atomic E-state index is 12.4. The normalized spacial score (nSPS) is 16.6. The van der Waals surface area contributed by atoms with Crippen molar-refractivity contribution in [2.24, 2.45) is 5.92 Å². The van der Waals surface area contributed by atoms with Crippen LogP contribution in [0.2, 0.25) is 0 Å². The van der Waals surface area contributed by atoms with Crippen LogP contribution in [-0.4, -0.2) is 36.6 Å². The molecule has 1 atom stereocenters. The van der Waals surface area contributed by atoms with Gasteiger partial charge in [0.05, 0.1) is 19.7 Å². The molecule has 3 aromatic rings. The van der Waals surface area contributed by atoms with Crippen LogP contribution >= 0.6 is 0 Å². The van der Waals surface area contributed by atoms with Crippen LogP contribution in [0.25, 0.3) is 10.9 Å². The summed E-state index contributed by atoms with van der Waals surface area (Å²) in [5.74, 6) is 2.46. The Kier molecular flexibility index (Phi) is 4.73. The lowest BCUT2D eigenvalue weighted by Crippen LogP contribution is -2.24. The first-order valence-corrected chi connectivity index (χ1v) is 9.12. The van der Waals surface area contributed by atoms with Gasteiger partial charge in [0, 0.05) is 36.5 Å². The monoisotopic (exact) mass is 378 g/mol. The van der Waals surface area contributed by atoms with Gasteiger partial charge in [-0.1, -0.05) is 18.2 Å². The Hall–Kier alpha value is -3.35. The van der Waals surface area contributed by atoms with Gasteiger partial charge in [0.2, 0.25) is 5.91 Å². The molecular weight excluding hydrogens is 356 g/mol. The number of anilines is 2. The molecule has 7 nitrogen and oxygen atoms in total. The van der Waals surface area contributed by atoms with E-state index in [-0.39, 0.29) is 11.8 Å². The number of amides is 1. The first-order valence-electron chi connectivity index (χ1n) is 9.12. The molecule has 1 fully saturated rings. The van der Waals surface area contributed by atoms with Crippen molar-refractivity contribution in [2.45, 2.75) is 12.8 Å². The van der Waals surface area contributed by atoms with Crippen LogP contribution in [0.3, 0.4) is 0 Å². The second kappa shape index (κ2) is 7.34. The van der Waals surface area contributed by atoms with Crippen LogP contribution < -0.4 is 20.1 Å². The summed E-state index contributed by atoms with van der Waals surface area (Å²) in [6.07, 6.45) is 1.06. The highest BCUT2D eigenvalue weighted by Gasteiger charge is 2.31. The summed E-state index contributed by atoms with van der Waals surface area (Å²) in [4.78, 5) is 23.4. The van der Waals surface area contributed by atoms with E-state index in [1.165, 1.54) is 0 Å². The third kappa shape index (κ3) is 3.31. The van der Waals surface area contributed by atoms with Crippen molar-refractivity contribution in [3.05, 3.63) is 48.3 Å². The Balaban J connectivity index is 1.59. The van der Waals surface area contributed by atoms with Crippen molar-refractivity contribution in [2.75, 3.05) is 31.4 Å². The molecule has 0 spiro atoms. The molecule has 0 unspecified atom stereocenters. The SMILES string of the molecule is COc1cc2nc(C[C@H]3CC(=O)N(c4ccccc4)C3)nc(N)c2cc1OC. The quantitative estimate of drug-likeness (QED) is 0.734. The van der Waals surface area contributed by atoms with Gasteiger partial charge >= 0.3 is 0 Å². The number of methoxy groups -OCH3 is 2. The largest absolute Gasteiger partial charge is 0.493 e. The maximum atomic E-state index is 12.4. The molecule has 0 saturated carbocycles. The van der Waals surface area contributed by atoms with E-state index in [9.17, 15) is 4.79 Å². The number of nitrogens with zero attached hydrogens (tertiary/aromatic N) is 3. The molecule has 2 aromatic carbocycles. The van der Waals surface area contributed by atoms with Crippen molar-refractivity contribution >= 4 is 28.3 Å². The van der Waals surface area contributed by atoms with Gasteiger partial charge in [-0.25, -0.2) is 9.97 Å². The van der Waals surface area contributed by atoms with Crippen LogP contribution in [0.15, 0.2) is 42.5 Å². The lowest BCUT2D eigenvalue weighted by atomic mass is 10.0. The molecule has 0 bridgehead atoms. The summed E-state index contributed by atoms with van der Waals surface area (Å²) in [5.41, 5.74) is 7.79. The third-order valence-corrected chi connectivity index (χ3v) is 5.02. The minimum atomic E-state index is 0.122. The number of rotatable bonds is 5. The Labute approximate surface area is 163 Å². The minimum Gasteiger partial charge on any atom is -0.493 e. The number of ether oxygens (including phenoxy) is 2. The summed E-state index contributed by atoms with van der Waals surface area (Å²) in [6, 6.07) is 13.3. The molecule has 0 radical (unpaired) electrons. The molecular formula is C21H22N4O3. The molecule has 1 amide bonds. The lowest BCUT2D eigenvalue weighted by Gasteiger charge is -2.16. The first kappa shape index (κ1) is 18.0. The number of hydrogen-bond donors (Lipinski definition) is 1. The van der Waals surface area contributed by atoms with Gasteiger partial charge in [-0.15, -0.1) is 0 Å². The molecule has 4 rings (SSSR count). The van der Waals surface area contributed by atoms with E-state index in [1.54, 1.807) is 26.4 Å². The van der Waals surface area contributed by atoms with Gasteiger partial charge in [0.25, 0.3) is 0 Å². The zero-order valence-electron chi connectivity index (χ0n) is 15.9. The standard InChI is InChI=1S/C21H22N4O3/c1-27-17-10-15-16(11-18(17)28-2)23-19(24-21(15)22)8-13-9-20(26)25(12-13)14-6-4-3-5-7-14/h3-7,10-11,13H,8-9,12H2,1-2H3,(H2,22,23,24)/t13-/m0/s1. The number of hydrogen-bond acceptors (Lipinski definition) is 6. The van der Waals surface area contributed by atoms with Crippen molar-refractivity contribution in [1.29, 1.82) is 0 Å². The van der Waals surface area contributed by atoms with Gasteiger partial charge < -0.3 is 20.1 Å². The number of nitrogens with two attached hydrogens (primary N) is 1. The summed E-state index contributed by atoms with van der Waals surface area (Å²) in [5, 5.41) is 0.717. The highest BCUT2D eigenvalue weighted by atomic mass is 16.5. The Morgan fingerprint density at radius 2 is 1.82 bits per heavy atom.